The standard InChI is InChI=1S/C17H16N6O/c1-9(15-11-7-18-5-3-13(11)20-22-15)17(24)10(2)16-12-8-19-6-4-14(12)21-23-16/h3-10H,1-2H3,(H,20,22)(H,21,23). The van der Waals surface area contributed by atoms with Crippen molar-refractivity contribution in [3.05, 3.63) is 48.3 Å². The van der Waals surface area contributed by atoms with Crippen LogP contribution in [-0.4, -0.2) is 36.1 Å². The average molecular weight is 320 g/mol. The molecule has 7 nitrogen and oxygen atoms in total. The summed E-state index contributed by atoms with van der Waals surface area (Å²) in [6.07, 6.45) is 6.84. The molecule has 4 aromatic heterocycles. The van der Waals surface area contributed by atoms with Crippen molar-refractivity contribution in [3.8, 4) is 0 Å². The van der Waals surface area contributed by atoms with Gasteiger partial charge >= 0.3 is 0 Å². The van der Waals surface area contributed by atoms with Crippen LogP contribution in [-0.2, 0) is 4.79 Å². The number of H-pyrrole nitrogens is 2. The van der Waals surface area contributed by atoms with E-state index in [-0.39, 0.29) is 17.6 Å². The smallest absolute Gasteiger partial charge is 0.150 e. The zero-order chi connectivity index (χ0) is 16.7. The number of hydrogen-bond donors (Lipinski definition) is 2. The highest BCUT2D eigenvalue weighted by Gasteiger charge is 2.27. The summed E-state index contributed by atoms with van der Waals surface area (Å²) in [6, 6.07) is 3.65. The minimum Gasteiger partial charge on any atom is -0.298 e. The Morgan fingerprint density at radius 1 is 0.875 bits per heavy atom. The summed E-state index contributed by atoms with van der Waals surface area (Å²) in [4.78, 5) is 21.2. The van der Waals surface area contributed by atoms with Gasteiger partial charge in [-0.1, -0.05) is 0 Å². The van der Waals surface area contributed by atoms with Gasteiger partial charge in [0, 0.05) is 35.6 Å². The fraction of sp³-hybridized carbons (Fsp3) is 0.235. The Balaban J connectivity index is 1.70. The molecule has 0 aliphatic heterocycles. The van der Waals surface area contributed by atoms with E-state index in [0.717, 1.165) is 33.2 Å². The summed E-state index contributed by atoms with van der Waals surface area (Å²) in [6.45, 7) is 3.77. The Bertz CT molecular complexity index is 952. The number of hydrogen-bond acceptors (Lipinski definition) is 5. The van der Waals surface area contributed by atoms with Crippen molar-refractivity contribution >= 4 is 27.6 Å². The van der Waals surface area contributed by atoms with Crippen LogP contribution in [0.5, 0.6) is 0 Å². The molecule has 120 valence electrons. The van der Waals surface area contributed by atoms with Crippen LogP contribution in [0.25, 0.3) is 21.8 Å². The van der Waals surface area contributed by atoms with Crippen molar-refractivity contribution in [2.45, 2.75) is 25.7 Å². The molecule has 0 saturated heterocycles. The number of carbonyl (C=O) groups excluding carboxylic acids is 1. The highest BCUT2D eigenvalue weighted by Crippen LogP contribution is 2.30. The zero-order valence-corrected chi connectivity index (χ0v) is 13.3. The monoisotopic (exact) mass is 320 g/mol. The van der Waals surface area contributed by atoms with Crippen LogP contribution in [0.2, 0.25) is 0 Å². The van der Waals surface area contributed by atoms with Crippen LogP contribution in [0.3, 0.4) is 0 Å². The molecule has 0 spiro atoms. The molecular weight excluding hydrogens is 304 g/mol. The van der Waals surface area contributed by atoms with Crippen LogP contribution >= 0.6 is 0 Å². The Labute approximate surface area is 137 Å². The number of Topliss-reactive ketones (excluding diaryl/α,β-unsaturated/α-hetero) is 1. The Morgan fingerprint density at radius 2 is 1.33 bits per heavy atom. The molecule has 7 heteroatoms. The molecule has 0 aliphatic carbocycles. The first-order valence-electron chi connectivity index (χ1n) is 7.76. The Hall–Kier alpha value is -3.09. The predicted molar refractivity (Wildman–Crippen MR) is 89.6 cm³/mol. The molecule has 0 saturated carbocycles. The second-order valence-electron chi connectivity index (χ2n) is 5.91. The SMILES string of the molecule is CC(C(=O)C(C)c1[nH]nc2ccncc12)c1[nH]nc2ccncc12. The second kappa shape index (κ2) is 5.52. The van der Waals surface area contributed by atoms with Crippen LogP contribution in [0.4, 0.5) is 0 Å². The number of nitrogens with one attached hydrogen (secondary N) is 2. The van der Waals surface area contributed by atoms with E-state index < -0.39 is 0 Å². The summed E-state index contributed by atoms with van der Waals surface area (Å²) < 4.78 is 0. The van der Waals surface area contributed by atoms with Crippen LogP contribution in [0.1, 0.15) is 37.1 Å². The van der Waals surface area contributed by atoms with E-state index in [2.05, 4.69) is 30.4 Å². The first-order chi connectivity index (χ1) is 11.7. The summed E-state index contributed by atoms with van der Waals surface area (Å²) in [5.74, 6) is -0.577. The maximum Gasteiger partial charge on any atom is 0.150 e. The number of rotatable bonds is 4. The molecule has 0 aromatic carbocycles. The van der Waals surface area contributed by atoms with E-state index in [1.807, 2.05) is 26.0 Å². The zero-order valence-electron chi connectivity index (χ0n) is 13.3. The third-order valence-electron chi connectivity index (χ3n) is 4.49. The summed E-state index contributed by atoms with van der Waals surface area (Å²) >= 11 is 0. The van der Waals surface area contributed by atoms with Crippen LogP contribution in [0, 0.1) is 0 Å². The molecule has 2 unspecified atom stereocenters. The number of pyridine rings is 2. The molecule has 0 amide bonds. The molecular formula is C17H16N6O. The lowest BCUT2D eigenvalue weighted by atomic mass is 9.89. The third kappa shape index (κ3) is 2.17. The number of ketones is 1. The van der Waals surface area contributed by atoms with Gasteiger partial charge in [0.2, 0.25) is 0 Å². The lowest BCUT2D eigenvalue weighted by molar-refractivity contribution is -0.121. The highest BCUT2D eigenvalue weighted by atomic mass is 16.1. The third-order valence-corrected chi connectivity index (χ3v) is 4.49. The molecule has 2 N–H and O–H groups in total. The molecule has 4 aromatic rings. The minimum absolute atomic E-state index is 0.0822. The van der Waals surface area contributed by atoms with Gasteiger partial charge in [-0.2, -0.15) is 10.2 Å². The Morgan fingerprint density at radius 3 is 1.79 bits per heavy atom. The van der Waals surface area contributed by atoms with Crippen molar-refractivity contribution < 1.29 is 4.79 Å². The van der Waals surface area contributed by atoms with Crippen LogP contribution in [0.15, 0.2) is 36.9 Å². The van der Waals surface area contributed by atoms with Gasteiger partial charge in [0.1, 0.15) is 5.78 Å². The lowest BCUT2D eigenvalue weighted by Crippen LogP contribution is -2.17. The minimum atomic E-state index is -0.329. The number of fused-ring (bicyclic) bond motifs is 2. The van der Waals surface area contributed by atoms with E-state index in [0.29, 0.717) is 0 Å². The molecule has 0 radical (unpaired) electrons. The first kappa shape index (κ1) is 14.5. The van der Waals surface area contributed by atoms with E-state index >= 15 is 0 Å². The molecule has 24 heavy (non-hydrogen) atoms. The lowest BCUT2D eigenvalue weighted by Gasteiger charge is -2.14. The maximum atomic E-state index is 13.0. The molecule has 0 fully saturated rings. The number of aromatic nitrogens is 6. The Kier molecular flexibility index (Phi) is 3.34. The molecule has 4 heterocycles. The molecule has 0 aliphatic rings. The van der Waals surface area contributed by atoms with E-state index in [4.69, 9.17) is 0 Å². The number of carbonyl (C=O) groups is 1. The summed E-state index contributed by atoms with van der Waals surface area (Å²) in [5, 5.41) is 16.2. The first-order valence-corrected chi connectivity index (χ1v) is 7.76. The molecule has 4 rings (SSSR count). The van der Waals surface area contributed by atoms with E-state index in [9.17, 15) is 4.79 Å². The van der Waals surface area contributed by atoms with Crippen molar-refractivity contribution in [2.24, 2.45) is 0 Å². The fourth-order valence-corrected chi connectivity index (χ4v) is 3.07. The van der Waals surface area contributed by atoms with Crippen molar-refractivity contribution in [3.63, 3.8) is 0 Å². The second-order valence-corrected chi connectivity index (χ2v) is 5.91. The van der Waals surface area contributed by atoms with Gasteiger partial charge in [0.05, 0.1) is 34.3 Å². The van der Waals surface area contributed by atoms with Gasteiger partial charge in [0.15, 0.2) is 0 Å². The predicted octanol–water partition coefficient (Wildman–Crippen LogP) is 2.71. The summed E-state index contributed by atoms with van der Waals surface area (Å²) in [7, 11) is 0. The average Bonchev–Trinajstić information content (AvgIpc) is 3.24. The molecule has 2 atom stereocenters. The van der Waals surface area contributed by atoms with Gasteiger partial charge in [-0.25, -0.2) is 0 Å². The van der Waals surface area contributed by atoms with E-state index in [1.165, 1.54) is 0 Å². The quantitative estimate of drug-likeness (QED) is 0.602. The van der Waals surface area contributed by atoms with Crippen LogP contribution < -0.4 is 0 Å². The van der Waals surface area contributed by atoms with Gasteiger partial charge in [-0.3, -0.25) is 25.0 Å². The van der Waals surface area contributed by atoms with Crippen molar-refractivity contribution in [1.82, 2.24) is 30.4 Å². The van der Waals surface area contributed by atoms with E-state index in [1.54, 1.807) is 24.8 Å². The maximum absolute atomic E-state index is 13.0. The highest BCUT2D eigenvalue weighted by molar-refractivity contribution is 5.97. The summed E-state index contributed by atoms with van der Waals surface area (Å²) in [5.41, 5.74) is 3.20. The largest absolute Gasteiger partial charge is 0.298 e. The van der Waals surface area contributed by atoms with Gasteiger partial charge in [-0.05, 0) is 26.0 Å². The molecule has 0 bridgehead atoms. The van der Waals surface area contributed by atoms with Gasteiger partial charge in [-0.15, -0.1) is 0 Å². The fourth-order valence-electron chi connectivity index (χ4n) is 3.07. The number of nitrogens with zero attached hydrogens (tertiary/aromatic N) is 4. The normalized spacial score (nSPS) is 14.1. The van der Waals surface area contributed by atoms with Crippen molar-refractivity contribution in [2.75, 3.05) is 0 Å². The van der Waals surface area contributed by atoms with Gasteiger partial charge < -0.3 is 0 Å². The number of aromatic amines is 2. The van der Waals surface area contributed by atoms with Crippen molar-refractivity contribution in [1.29, 1.82) is 0 Å². The van der Waals surface area contributed by atoms with Gasteiger partial charge in [0.25, 0.3) is 0 Å². The topological polar surface area (TPSA) is 100 Å².